The topological polar surface area (TPSA) is 48.3 Å². The van der Waals surface area contributed by atoms with E-state index in [1.165, 1.54) is 0 Å². The summed E-state index contributed by atoms with van der Waals surface area (Å²) in [5, 5.41) is 0.166. The molecule has 0 spiro atoms. The molecule has 1 aromatic heterocycles. The van der Waals surface area contributed by atoms with Gasteiger partial charge in [-0.2, -0.15) is 0 Å². The van der Waals surface area contributed by atoms with E-state index in [0.717, 1.165) is 40.8 Å². The zero-order valence-electron chi connectivity index (χ0n) is 24.1. The fraction of sp³-hybridized carbons (Fsp3) is 0.333. The lowest BCUT2D eigenvalue weighted by Gasteiger charge is -2.36. The van der Waals surface area contributed by atoms with Gasteiger partial charge >= 0.3 is 0 Å². The molecule has 1 heterocycles. The van der Waals surface area contributed by atoms with E-state index < -0.39 is 18.3 Å². The molecule has 0 radical (unpaired) electrons. The van der Waals surface area contributed by atoms with Crippen molar-refractivity contribution in [2.45, 2.75) is 70.0 Å². The molecule has 0 amide bonds. The molecule has 0 N–H and O–H groups in total. The Kier molecular flexibility index (Phi) is 8.69. The Labute approximate surface area is 235 Å². The van der Waals surface area contributed by atoms with Crippen molar-refractivity contribution in [3.63, 3.8) is 0 Å². The molecule has 39 heavy (non-hydrogen) atoms. The van der Waals surface area contributed by atoms with E-state index in [1.54, 1.807) is 16.1 Å². The van der Waals surface area contributed by atoms with E-state index in [2.05, 4.69) is 39.9 Å². The molecule has 4 aromatic rings. The molecule has 0 atom stereocenters. The summed E-state index contributed by atoms with van der Waals surface area (Å²) in [6.07, 6.45) is 2.35. The molecule has 3 aromatic carbocycles. The Hall–Kier alpha value is -2.93. The molecule has 4 nitrogen and oxygen atoms in total. The Balaban J connectivity index is 1.77. The predicted octanol–water partition coefficient (Wildman–Crippen LogP) is 8.71. The second-order valence-corrected chi connectivity index (χ2v) is 18.4. The first kappa shape index (κ1) is 29.1. The van der Waals surface area contributed by atoms with Crippen LogP contribution >= 0.6 is 0 Å². The average Bonchev–Trinajstić information content (AvgIpc) is 3.29. The molecule has 0 aliphatic carbocycles. The lowest BCUT2D eigenvalue weighted by molar-refractivity contribution is 0.279. The predicted molar refractivity (Wildman–Crippen MR) is 165 cm³/mol. The van der Waals surface area contributed by atoms with Crippen LogP contribution in [0.15, 0.2) is 95.9 Å². The summed E-state index contributed by atoms with van der Waals surface area (Å²) in [6, 6.07) is 29.1. The van der Waals surface area contributed by atoms with Gasteiger partial charge in [0.2, 0.25) is 0 Å². The summed E-state index contributed by atoms with van der Waals surface area (Å²) in [5.74, 6) is 0. The van der Waals surface area contributed by atoms with Gasteiger partial charge in [-0.25, -0.2) is 12.4 Å². The van der Waals surface area contributed by atoms with Crippen LogP contribution in [0.2, 0.25) is 18.1 Å². The van der Waals surface area contributed by atoms with Crippen LogP contribution in [-0.2, 0) is 20.9 Å². The van der Waals surface area contributed by atoms with Gasteiger partial charge in [0.25, 0.3) is 10.0 Å². The smallest absolute Gasteiger partial charge is 0.268 e. The number of hydrogen-bond acceptors (Lipinski definition) is 3. The number of aromatic nitrogens is 1. The van der Waals surface area contributed by atoms with Crippen LogP contribution < -0.4 is 0 Å². The van der Waals surface area contributed by atoms with Gasteiger partial charge in [0.05, 0.1) is 10.6 Å². The van der Waals surface area contributed by atoms with Crippen molar-refractivity contribution in [3.8, 4) is 22.4 Å². The molecule has 0 aliphatic rings. The van der Waals surface area contributed by atoms with Crippen molar-refractivity contribution in [2.75, 3.05) is 6.61 Å². The Morgan fingerprint density at radius 1 is 0.795 bits per heavy atom. The summed E-state index contributed by atoms with van der Waals surface area (Å²) < 4.78 is 36.5. The fourth-order valence-corrected chi connectivity index (χ4v) is 7.14. The number of benzene rings is 3. The number of rotatable bonds is 10. The average molecular weight is 560 g/mol. The molecule has 6 heteroatoms. The minimum atomic E-state index is -3.85. The van der Waals surface area contributed by atoms with Crippen molar-refractivity contribution in [1.29, 1.82) is 0 Å². The third-order valence-electron chi connectivity index (χ3n) is 7.82. The van der Waals surface area contributed by atoms with E-state index in [-0.39, 0.29) is 5.04 Å². The van der Waals surface area contributed by atoms with Crippen LogP contribution in [0.4, 0.5) is 0 Å². The molecule has 0 fully saturated rings. The number of aryl methyl sites for hydroxylation is 2. The summed E-state index contributed by atoms with van der Waals surface area (Å²) >= 11 is 0. The second-order valence-electron chi connectivity index (χ2n) is 11.8. The van der Waals surface area contributed by atoms with Gasteiger partial charge in [-0.1, -0.05) is 99.1 Å². The van der Waals surface area contributed by atoms with E-state index in [0.29, 0.717) is 23.6 Å². The molecule has 0 saturated heterocycles. The van der Waals surface area contributed by atoms with Gasteiger partial charge < -0.3 is 4.43 Å². The van der Waals surface area contributed by atoms with Crippen molar-refractivity contribution < 1.29 is 12.8 Å². The molecule has 0 aliphatic heterocycles. The van der Waals surface area contributed by atoms with Gasteiger partial charge in [-0.15, -0.1) is 0 Å². The third kappa shape index (κ3) is 6.46. The maximum atomic E-state index is 14.3. The van der Waals surface area contributed by atoms with Crippen LogP contribution in [0.25, 0.3) is 22.4 Å². The molecule has 206 valence electrons. The minimum Gasteiger partial charge on any atom is -0.417 e. The fourth-order valence-electron chi connectivity index (χ4n) is 4.47. The van der Waals surface area contributed by atoms with Crippen molar-refractivity contribution in [3.05, 3.63) is 102 Å². The highest BCUT2D eigenvalue weighted by Gasteiger charge is 2.36. The van der Waals surface area contributed by atoms with Crippen LogP contribution in [0.1, 0.15) is 44.9 Å². The highest BCUT2D eigenvalue weighted by Crippen LogP contribution is 2.39. The molecule has 0 bridgehead atoms. The molecule has 0 unspecified atom stereocenters. The largest absolute Gasteiger partial charge is 0.417 e. The number of hydrogen-bond donors (Lipinski definition) is 0. The standard InChI is InChI=1S/C33H41NO3SSi/c1-26-20-22-30(23-21-26)38(35,36)34-29(19-13-14-24-37-39(5,6)33(2,3)4)25-31(27-15-9-7-10-16-27)32(34)28-17-11-8-12-18-28/h7-12,15-18,20-23,25H,13-14,19,24H2,1-6H3. The highest BCUT2D eigenvalue weighted by atomic mass is 32.2. The van der Waals surface area contributed by atoms with Crippen molar-refractivity contribution in [2.24, 2.45) is 0 Å². The van der Waals surface area contributed by atoms with Crippen LogP contribution in [0.3, 0.4) is 0 Å². The van der Waals surface area contributed by atoms with E-state index in [9.17, 15) is 8.42 Å². The van der Waals surface area contributed by atoms with Gasteiger partial charge in [0.1, 0.15) is 0 Å². The Morgan fingerprint density at radius 3 is 1.92 bits per heavy atom. The summed E-state index contributed by atoms with van der Waals surface area (Å²) in [5.41, 5.74) is 5.31. The van der Waals surface area contributed by atoms with Crippen LogP contribution in [0, 0.1) is 6.92 Å². The first-order valence-corrected chi connectivity index (χ1v) is 18.1. The highest BCUT2D eigenvalue weighted by molar-refractivity contribution is 7.90. The summed E-state index contributed by atoms with van der Waals surface area (Å²) in [4.78, 5) is 0.294. The maximum Gasteiger partial charge on any atom is 0.268 e. The summed E-state index contributed by atoms with van der Waals surface area (Å²) in [7, 11) is -5.66. The van der Waals surface area contributed by atoms with E-state index in [1.807, 2.05) is 79.7 Å². The lowest BCUT2D eigenvalue weighted by atomic mass is 10.0. The summed E-state index contributed by atoms with van der Waals surface area (Å²) in [6.45, 7) is 13.9. The lowest BCUT2D eigenvalue weighted by Crippen LogP contribution is -2.40. The van der Waals surface area contributed by atoms with Crippen molar-refractivity contribution >= 4 is 18.3 Å². The zero-order valence-corrected chi connectivity index (χ0v) is 25.9. The zero-order chi connectivity index (χ0) is 28.3. The second kappa shape index (κ2) is 11.7. The SMILES string of the molecule is Cc1ccc(S(=O)(=O)n2c(CCCCO[Si](C)(C)C(C)(C)C)cc(-c3ccccc3)c2-c2ccccc2)cc1. The molecule has 4 rings (SSSR count). The van der Waals surface area contributed by atoms with Crippen molar-refractivity contribution in [1.82, 2.24) is 3.97 Å². The normalized spacial score (nSPS) is 12.6. The van der Waals surface area contributed by atoms with Gasteiger partial charge in [0, 0.05) is 17.9 Å². The van der Waals surface area contributed by atoms with Crippen LogP contribution in [0.5, 0.6) is 0 Å². The van der Waals surface area contributed by atoms with Gasteiger partial charge in [0.15, 0.2) is 8.32 Å². The Morgan fingerprint density at radius 2 is 1.36 bits per heavy atom. The first-order chi connectivity index (χ1) is 18.4. The van der Waals surface area contributed by atoms with Gasteiger partial charge in [-0.05, 0) is 73.6 Å². The van der Waals surface area contributed by atoms with E-state index in [4.69, 9.17) is 4.43 Å². The van der Waals surface area contributed by atoms with Gasteiger partial charge in [-0.3, -0.25) is 0 Å². The number of nitrogens with zero attached hydrogens (tertiary/aromatic N) is 1. The maximum absolute atomic E-state index is 14.3. The quantitative estimate of drug-likeness (QED) is 0.144. The molecular weight excluding hydrogens is 519 g/mol. The number of unbranched alkanes of at least 4 members (excludes halogenated alkanes) is 1. The minimum absolute atomic E-state index is 0.166. The Bertz CT molecular complexity index is 1480. The third-order valence-corrected chi connectivity index (χ3v) is 14.1. The molecular formula is C33H41NO3SSi. The first-order valence-electron chi connectivity index (χ1n) is 13.7. The molecule has 0 saturated carbocycles. The monoisotopic (exact) mass is 559 g/mol. The van der Waals surface area contributed by atoms with Crippen LogP contribution in [-0.4, -0.2) is 27.3 Å². The van der Waals surface area contributed by atoms with E-state index >= 15 is 0 Å².